The number of nitriles is 1. The van der Waals surface area contributed by atoms with Crippen molar-refractivity contribution in [3.8, 4) is 23.2 Å². The van der Waals surface area contributed by atoms with Crippen LogP contribution >= 0.6 is 0 Å². The first-order chi connectivity index (χ1) is 11.2. The fraction of sp³-hybridized carbons (Fsp3) is 0.222. The zero-order valence-electron chi connectivity index (χ0n) is 12.4. The van der Waals surface area contributed by atoms with Gasteiger partial charge in [-0.3, -0.25) is 0 Å². The van der Waals surface area contributed by atoms with Crippen molar-refractivity contribution in [3.63, 3.8) is 0 Å². The van der Waals surface area contributed by atoms with Crippen molar-refractivity contribution in [2.75, 3.05) is 0 Å². The number of nitrogens with one attached hydrogen (secondary N) is 1. The molecular weight excluding hydrogens is 290 g/mol. The first kappa shape index (κ1) is 13.8. The molecule has 23 heavy (non-hydrogen) atoms. The lowest BCUT2D eigenvalue weighted by molar-refractivity contribution is 0.151. The first-order valence-electron chi connectivity index (χ1n) is 7.60. The maximum Gasteiger partial charge on any atom is 0.199 e. The lowest BCUT2D eigenvalue weighted by Crippen LogP contribution is -2.11. The van der Waals surface area contributed by atoms with Crippen LogP contribution in [0.25, 0.3) is 22.2 Å². The van der Waals surface area contributed by atoms with E-state index in [1.54, 1.807) is 18.2 Å². The van der Waals surface area contributed by atoms with Crippen molar-refractivity contribution in [3.05, 3.63) is 47.2 Å². The minimum absolute atomic E-state index is 0.0211. The Kier molecular flexibility index (Phi) is 3.07. The minimum atomic E-state index is -0.555. The highest BCUT2D eigenvalue weighted by Crippen LogP contribution is 2.38. The molecule has 0 spiro atoms. The Morgan fingerprint density at radius 2 is 2.13 bits per heavy atom. The number of pyridine rings is 1. The molecule has 0 bridgehead atoms. The number of aliphatic hydroxyl groups is 1. The number of hydrogen-bond acceptors (Lipinski definition) is 4. The zero-order valence-corrected chi connectivity index (χ0v) is 12.4. The number of rotatable bonds is 1. The molecule has 3 N–H and O–H groups in total. The molecule has 1 aliphatic rings. The van der Waals surface area contributed by atoms with E-state index in [1.165, 1.54) is 0 Å². The molecule has 1 aliphatic carbocycles. The van der Waals surface area contributed by atoms with Crippen LogP contribution in [0.1, 0.15) is 35.8 Å². The Bertz CT molecular complexity index is 953. The van der Waals surface area contributed by atoms with E-state index in [4.69, 9.17) is 5.26 Å². The number of aryl methyl sites for hydroxylation is 1. The molecule has 0 aliphatic heterocycles. The van der Waals surface area contributed by atoms with Gasteiger partial charge in [-0.1, -0.05) is 6.07 Å². The molecule has 1 unspecified atom stereocenters. The summed E-state index contributed by atoms with van der Waals surface area (Å²) >= 11 is 0. The highest BCUT2D eigenvalue weighted by atomic mass is 16.3. The van der Waals surface area contributed by atoms with E-state index in [1.807, 2.05) is 12.1 Å². The Morgan fingerprint density at radius 1 is 1.26 bits per heavy atom. The van der Waals surface area contributed by atoms with Crippen LogP contribution < -0.4 is 0 Å². The van der Waals surface area contributed by atoms with E-state index in [0.29, 0.717) is 28.9 Å². The topological polar surface area (TPSA) is 92.9 Å². The second-order valence-electron chi connectivity index (χ2n) is 5.87. The number of nitrogens with zero attached hydrogens (tertiary/aromatic N) is 2. The van der Waals surface area contributed by atoms with Crippen molar-refractivity contribution in [2.45, 2.75) is 25.4 Å². The molecule has 1 aromatic carbocycles. The molecule has 1 atom stereocenters. The molecule has 3 aromatic rings. The first-order valence-corrected chi connectivity index (χ1v) is 7.60. The van der Waals surface area contributed by atoms with Crippen molar-refractivity contribution in [2.24, 2.45) is 0 Å². The zero-order chi connectivity index (χ0) is 16.0. The van der Waals surface area contributed by atoms with Crippen LogP contribution in [0, 0.1) is 11.3 Å². The summed E-state index contributed by atoms with van der Waals surface area (Å²) in [6, 6.07) is 11.1. The van der Waals surface area contributed by atoms with Crippen molar-refractivity contribution < 1.29 is 10.2 Å². The smallest absolute Gasteiger partial charge is 0.199 e. The number of benzene rings is 1. The molecule has 0 fully saturated rings. The third kappa shape index (κ3) is 2.16. The Balaban J connectivity index is 1.94. The molecule has 2 aromatic heterocycles. The van der Waals surface area contributed by atoms with Crippen molar-refractivity contribution in [1.82, 2.24) is 9.97 Å². The minimum Gasteiger partial charge on any atom is -0.494 e. The summed E-state index contributed by atoms with van der Waals surface area (Å²) in [4.78, 5) is 7.50. The number of aliphatic hydroxyl groups excluding tert-OH is 1. The van der Waals surface area contributed by atoms with E-state index < -0.39 is 6.10 Å². The number of aromatic amines is 1. The second kappa shape index (κ2) is 5.11. The fourth-order valence-corrected chi connectivity index (χ4v) is 3.27. The predicted molar refractivity (Wildman–Crippen MR) is 85.8 cm³/mol. The van der Waals surface area contributed by atoms with E-state index in [-0.39, 0.29) is 5.88 Å². The molecule has 5 nitrogen and oxygen atoms in total. The Morgan fingerprint density at radius 3 is 2.96 bits per heavy atom. The molecule has 0 saturated carbocycles. The summed E-state index contributed by atoms with van der Waals surface area (Å²) in [5.41, 5.74) is 4.19. The molecule has 2 heterocycles. The van der Waals surface area contributed by atoms with Gasteiger partial charge in [0.15, 0.2) is 5.88 Å². The lowest BCUT2D eigenvalue weighted by Gasteiger charge is -2.20. The van der Waals surface area contributed by atoms with Crippen molar-refractivity contribution >= 4 is 10.9 Å². The molecule has 0 radical (unpaired) electrons. The predicted octanol–water partition coefficient (Wildman–Crippen LogP) is 3.18. The van der Waals surface area contributed by atoms with Crippen LogP contribution in [-0.2, 0) is 6.42 Å². The average molecular weight is 305 g/mol. The molecule has 5 heteroatoms. The molecule has 4 rings (SSSR count). The average Bonchev–Trinajstić information content (AvgIpc) is 2.90. The summed E-state index contributed by atoms with van der Waals surface area (Å²) in [7, 11) is 0. The van der Waals surface area contributed by atoms with Gasteiger partial charge < -0.3 is 15.2 Å². The lowest BCUT2D eigenvalue weighted by atomic mass is 9.93. The number of aromatic hydroxyl groups is 1. The summed E-state index contributed by atoms with van der Waals surface area (Å²) in [5, 5.41) is 30.3. The van der Waals surface area contributed by atoms with Crippen LogP contribution in [-0.4, -0.2) is 20.2 Å². The van der Waals surface area contributed by atoms with Crippen LogP contribution in [0.2, 0.25) is 0 Å². The number of H-pyrrole nitrogens is 1. The number of hydrogen-bond donors (Lipinski definition) is 3. The van der Waals surface area contributed by atoms with Crippen LogP contribution in [0.4, 0.5) is 0 Å². The summed E-state index contributed by atoms with van der Waals surface area (Å²) < 4.78 is 0. The maximum atomic E-state index is 10.3. The van der Waals surface area contributed by atoms with Gasteiger partial charge >= 0.3 is 0 Å². The van der Waals surface area contributed by atoms with E-state index >= 15 is 0 Å². The standard InChI is InChI=1S/C18H15N3O2/c19-9-10-4-6-13-12(8-10)16(18(23)21-13)14-7-5-11-2-1-3-15(22)17(11)20-14/h4-8,15,21-23H,1-3H2. The van der Waals surface area contributed by atoms with Gasteiger partial charge in [0.05, 0.1) is 34.7 Å². The van der Waals surface area contributed by atoms with E-state index in [9.17, 15) is 10.2 Å². The monoisotopic (exact) mass is 305 g/mol. The summed E-state index contributed by atoms with van der Waals surface area (Å²) in [6.07, 6.45) is 2.03. The maximum absolute atomic E-state index is 10.3. The van der Waals surface area contributed by atoms with Crippen molar-refractivity contribution in [1.29, 1.82) is 5.26 Å². The van der Waals surface area contributed by atoms with Crippen LogP contribution in [0.5, 0.6) is 5.88 Å². The van der Waals surface area contributed by atoms with Gasteiger partial charge in [0.1, 0.15) is 0 Å². The second-order valence-corrected chi connectivity index (χ2v) is 5.87. The van der Waals surface area contributed by atoms with Crippen LogP contribution in [0.15, 0.2) is 30.3 Å². The summed E-state index contributed by atoms with van der Waals surface area (Å²) in [6.45, 7) is 0. The third-order valence-electron chi connectivity index (χ3n) is 4.42. The Hall–Kier alpha value is -2.84. The van der Waals surface area contributed by atoms with E-state index in [0.717, 1.165) is 29.3 Å². The summed E-state index contributed by atoms with van der Waals surface area (Å²) in [5.74, 6) is 0.0211. The Labute approximate surface area is 132 Å². The van der Waals surface area contributed by atoms with Gasteiger partial charge in [0.2, 0.25) is 0 Å². The number of fused-ring (bicyclic) bond motifs is 2. The fourth-order valence-electron chi connectivity index (χ4n) is 3.27. The van der Waals surface area contributed by atoms with Crippen LogP contribution in [0.3, 0.4) is 0 Å². The van der Waals surface area contributed by atoms with Gasteiger partial charge in [0, 0.05) is 10.9 Å². The van der Waals surface area contributed by atoms with E-state index in [2.05, 4.69) is 16.0 Å². The van der Waals surface area contributed by atoms with Gasteiger partial charge in [-0.05, 0) is 49.1 Å². The quantitative estimate of drug-likeness (QED) is 0.643. The van der Waals surface area contributed by atoms with Gasteiger partial charge in [-0.15, -0.1) is 0 Å². The van der Waals surface area contributed by atoms with Gasteiger partial charge in [-0.25, -0.2) is 4.98 Å². The highest BCUT2D eigenvalue weighted by molar-refractivity contribution is 5.98. The SMILES string of the molecule is N#Cc1ccc2[nH]c(O)c(-c3ccc4c(n3)C(O)CCC4)c2c1. The number of aromatic nitrogens is 2. The van der Waals surface area contributed by atoms with Gasteiger partial charge in [0.25, 0.3) is 0 Å². The normalized spacial score (nSPS) is 17.0. The highest BCUT2D eigenvalue weighted by Gasteiger charge is 2.22. The molecular formula is C18H15N3O2. The largest absolute Gasteiger partial charge is 0.494 e. The van der Waals surface area contributed by atoms with Gasteiger partial charge in [-0.2, -0.15) is 5.26 Å². The molecule has 114 valence electrons. The third-order valence-corrected chi connectivity index (χ3v) is 4.42. The molecule has 0 amide bonds. The molecule has 0 saturated heterocycles.